The summed E-state index contributed by atoms with van der Waals surface area (Å²) in [5, 5.41) is 0. The molecule has 2 rings (SSSR count). The second-order valence-electron chi connectivity index (χ2n) is 6.10. The molecule has 118 valence electrons. The van der Waals surface area contributed by atoms with Gasteiger partial charge < -0.3 is 10.5 Å². The molecular formula is C16H24F2N2O. The Morgan fingerprint density at radius 2 is 1.76 bits per heavy atom. The molecular weight excluding hydrogens is 274 g/mol. The fourth-order valence-electron chi connectivity index (χ4n) is 3.33. The third-order valence-corrected chi connectivity index (χ3v) is 4.05. The first kappa shape index (κ1) is 16.2. The van der Waals surface area contributed by atoms with Crippen molar-refractivity contribution in [3.8, 4) is 5.75 Å². The van der Waals surface area contributed by atoms with E-state index in [2.05, 4.69) is 23.5 Å². The van der Waals surface area contributed by atoms with Crippen molar-refractivity contribution in [1.82, 2.24) is 4.90 Å². The molecule has 0 saturated carbocycles. The Bertz CT molecular complexity index is 428. The van der Waals surface area contributed by atoms with E-state index in [0.29, 0.717) is 18.4 Å². The molecule has 5 heteroatoms. The van der Waals surface area contributed by atoms with Crippen molar-refractivity contribution in [3.63, 3.8) is 0 Å². The van der Waals surface area contributed by atoms with Gasteiger partial charge in [-0.1, -0.05) is 26.0 Å². The number of rotatable bonds is 5. The Morgan fingerprint density at radius 1 is 1.19 bits per heavy atom. The van der Waals surface area contributed by atoms with Gasteiger partial charge in [0.2, 0.25) is 0 Å². The molecule has 0 spiro atoms. The zero-order valence-corrected chi connectivity index (χ0v) is 12.6. The van der Waals surface area contributed by atoms with Gasteiger partial charge in [-0.05, 0) is 36.0 Å². The summed E-state index contributed by atoms with van der Waals surface area (Å²) < 4.78 is 28.7. The number of piperidine rings is 1. The molecule has 3 atom stereocenters. The normalized spacial score (nSPS) is 25.0. The van der Waals surface area contributed by atoms with Crippen LogP contribution in [0.4, 0.5) is 8.78 Å². The van der Waals surface area contributed by atoms with Gasteiger partial charge in [-0.15, -0.1) is 0 Å². The minimum absolute atomic E-state index is 0.135. The lowest BCUT2D eigenvalue weighted by Crippen LogP contribution is -2.43. The Hall–Kier alpha value is -1.20. The highest BCUT2D eigenvalue weighted by Gasteiger charge is 2.27. The van der Waals surface area contributed by atoms with Crippen LogP contribution in [0.1, 0.15) is 31.9 Å². The van der Waals surface area contributed by atoms with E-state index in [-0.39, 0.29) is 11.8 Å². The predicted molar refractivity (Wildman–Crippen MR) is 79.4 cm³/mol. The molecule has 3 nitrogen and oxygen atoms in total. The fourth-order valence-corrected chi connectivity index (χ4v) is 3.33. The van der Waals surface area contributed by atoms with Gasteiger partial charge in [-0.2, -0.15) is 8.78 Å². The summed E-state index contributed by atoms with van der Waals surface area (Å²) in [4.78, 5) is 2.40. The maximum Gasteiger partial charge on any atom is 0.387 e. The molecule has 0 radical (unpaired) electrons. The van der Waals surface area contributed by atoms with Crippen molar-refractivity contribution in [2.75, 3.05) is 19.6 Å². The van der Waals surface area contributed by atoms with Gasteiger partial charge in [0.05, 0.1) is 0 Å². The number of alkyl halides is 2. The van der Waals surface area contributed by atoms with E-state index in [1.165, 1.54) is 6.42 Å². The molecule has 1 fully saturated rings. The van der Waals surface area contributed by atoms with E-state index in [1.807, 2.05) is 12.1 Å². The number of ether oxygens (including phenoxy) is 1. The second-order valence-corrected chi connectivity index (χ2v) is 6.10. The molecule has 0 bridgehead atoms. The zero-order chi connectivity index (χ0) is 15.4. The van der Waals surface area contributed by atoms with Crippen LogP contribution in [0.5, 0.6) is 5.75 Å². The standard InChI is InChI=1S/C16H24F2N2O/c1-11-7-12(2)10-20(9-11)15(8-19)13-3-5-14(6-4-13)21-16(17)18/h3-6,11-12,15-16H,7-10,19H2,1-2H3. The number of halogens is 2. The van der Waals surface area contributed by atoms with Gasteiger partial charge in [-0.3, -0.25) is 4.90 Å². The molecule has 1 saturated heterocycles. The molecule has 1 aliphatic rings. The topological polar surface area (TPSA) is 38.5 Å². The Labute approximate surface area is 125 Å². The monoisotopic (exact) mass is 298 g/mol. The van der Waals surface area contributed by atoms with Crippen LogP contribution in [0.25, 0.3) is 0 Å². The maximum absolute atomic E-state index is 12.2. The molecule has 1 aromatic carbocycles. The number of hydrogen-bond donors (Lipinski definition) is 1. The van der Waals surface area contributed by atoms with Crippen LogP contribution in [0.2, 0.25) is 0 Å². The lowest BCUT2D eigenvalue weighted by Gasteiger charge is -2.40. The van der Waals surface area contributed by atoms with Gasteiger partial charge >= 0.3 is 6.61 Å². The van der Waals surface area contributed by atoms with Crippen molar-refractivity contribution in [2.45, 2.75) is 32.9 Å². The molecule has 0 aliphatic carbocycles. The van der Waals surface area contributed by atoms with E-state index in [0.717, 1.165) is 18.7 Å². The first-order valence-corrected chi connectivity index (χ1v) is 7.48. The predicted octanol–water partition coefficient (Wildman–Crippen LogP) is 3.27. The lowest BCUT2D eigenvalue weighted by molar-refractivity contribution is -0.0498. The van der Waals surface area contributed by atoms with Crippen molar-refractivity contribution < 1.29 is 13.5 Å². The Kier molecular flexibility index (Phi) is 5.53. The largest absolute Gasteiger partial charge is 0.435 e. The highest BCUT2D eigenvalue weighted by Crippen LogP contribution is 2.29. The van der Waals surface area contributed by atoms with Crippen LogP contribution in [0.15, 0.2) is 24.3 Å². The number of benzene rings is 1. The van der Waals surface area contributed by atoms with E-state index in [1.54, 1.807) is 12.1 Å². The summed E-state index contributed by atoms with van der Waals surface area (Å²) in [6.45, 7) is 4.31. The molecule has 21 heavy (non-hydrogen) atoms. The van der Waals surface area contributed by atoms with Gasteiger partial charge in [-0.25, -0.2) is 0 Å². The van der Waals surface area contributed by atoms with Crippen molar-refractivity contribution in [2.24, 2.45) is 17.6 Å². The van der Waals surface area contributed by atoms with Gasteiger partial charge in [0, 0.05) is 25.7 Å². The van der Waals surface area contributed by atoms with Crippen molar-refractivity contribution in [1.29, 1.82) is 0 Å². The third kappa shape index (κ3) is 4.38. The van der Waals surface area contributed by atoms with E-state index < -0.39 is 6.61 Å². The fraction of sp³-hybridized carbons (Fsp3) is 0.625. The van der Waals surface area contributed by atoms with Crippen LogP contribution in [-0.2, 0) is 0 Å². The van der Waals surface area contributed by atoms with Gasteiger partial charge in [0.1, 0.15) is 5.75 Å². The summed E-state index contributed by atoms with van der Waals surface area (Å²) in [6.07, 6.45) is 1.24. The first-order valence-electron chi connectivity index (χ1n) is 7.48. The first-order chi connectivity index (χ1) is 9.99. The van der Waals surface area contributed by atoms with Crippen LogP contribution >= 0.6 is 0 Å². The smallest absolute Gasteiger partial charge is 0.387 e. The maximum atomic E-state index is 12.2. The van der Waals surface area contributed by atoms with Crippen molar-refractivity contribution in [3.05, 3.63) is 29.8 Å². The zero-order valence-electron chi connectivity index (χ0n) is 12.6. The minimum Gasteiger partial charge on any atom is -0.435 e. The summed E-state index contributed by atoms with van der Waals surface area (Å²) in [7, 11) is 0. The quantitative estimate of drug-likeness (QED) is 0.906. The van der Waals surface area contributed by atoms with Gasteiger partial charge in [0.15, 0.2) is 0 Å². The SMILES string of the molecule is CC1CC(C)CN(C(CN)c2ccc(OC(F)F)cc2)C1. The summed E-state index contributed by atoms with van der Waals surface area (Å²) in [5.74, 6) is 1.50. The van der Waals surface area contributed by atoms with E-state index >= 15 is 0 Å². The van der Waals surface area contributed by atoms with E-state index in [9.17, 15) is 8.78 Å². The molecule has 1 heterocycles. The van der Waals surface area contributed by atoms with Crippen molar-refractivity contribution >= 4 is 0 Å². The second kappa shape index (κ2) is 7.18. The van der Waals surface area contributed by atoms with Crippen LogP contribution in [0, 0.1) is 11.8 Å². The van der Waals surface area contributed by atoms with Gasteiger partial charge in [0.25, 0.3) is 0 Å². The summed E-state index contributed by atoms with van der Waals surface area (Å²) in [6, 6.07) is 6.97. The van der Waals surface area contributed by atoms with Crippen LogP contribution in [-0.4, -0.2) is 31.1 Å². The number of nitrogens with zero attached hydrogens (tertiary/aromatic N) is 1. The Morgan fingerprint density at radius 3 is 2.24 bits per heavy atom. The summed E-state index contributed by atoms with van der Waals surface area (Å²) >= 11 is 0. The molecule has 2 N–H and O–H groups in total. The molecule has 1 aliphatic heterocycles. The summed E-state index contributed by atoms with van der Waals surface area (Å²) in [5.41, 5.74) is 7.01. The number of hydrogen-bond acceptors (Lipinski definition) is 3. The highest BCUT2D eigenvalue weighted by atomic mass is 19.3. The lowest BCUT2D eigenvalue weighted by atomic mass is 9.89. The molecule has 0 amide bonds. The molecule has 0 aromatic heterocycles. The molecule has 1 aromatic rings. The third-order valence-electron chi connectivity index (χ3n) is 4.05. The molecule has 3 unspecified atom stereocenters. The minimum atomic E-state index is -2.79. The average molecular weight is 298 g/mol. The van der Waals surface area contributed by atoms with Crippen LogP contribution < -0.4 is 10.5 Å². The van der Waals surface area contributed by atoms with E-state index in [4.69, 9.17) is 5.73 Å². The number of nitrogens with two attached hydrogens (primary N) is 1. The average Bonchev–Trinajstić information content (AvgIpc) is 2.40. The van der Waals surface area contributed by atoms with Crippen LogP contribution in [0.3, 0.4) is 0 Å². The number of likely N-dealkylation sites (tertiary alicyclic amines) is 1. The Balaban J connectivity index is 2.09. The highest BCUT2D eigenvalue weighted by molar-refractivity contribution is 5.29.